The molecule has 2 heteroatoms. The minimum atomic E-state index is 0.961. The zero-order valence-corrected chi connectivity index (χ0v) is 14.4. The number of rotatable bonds is 8. The molecular formula is C18H34N2+2. The van der Waals surface area contributed by atoms with Crippen molar-refractivity contribution in [2.45, 2.75) is 33.1 Å². The Labute approximate surface area is 126 Å². The number of hydrogen-bond donors (Lipinski definition) is 0. The lowest BCUT2D eigenvalue weighted by atomic mass is 10.1. The highest BCUT2D eigenvalue weighted by Crippen LogP contribution is 2.20. The zero-order valence-electron chi connectivity index (χ0n) is 14.4. The molecule has 0 spiro atoms. The summed E-state index contributed by atoms with van der Waals surface area (Å²) >= 11 is 0. The van der Waals surface area contributed by atoms with Gasteiger partial charge in [0.25, 0.3) is 0 Å². The second-order valence-corrected chi connectivity index (χ2v) is 7.10. The Morgan fingerprint density at radius 1 is 0.800 bits per heavy atom. The molecule has 1 rings (SSSR count). The summed E-state index contributed by atoms with van der Waals surface area (Å²) in [5.41, 5.74) is 2.88. The van der Waals surface area contributed by atoms with Crippen LogP contribution in [0.5, 0.6) is 0 Å². The van der Waals surface area contributed by atoms with Gasteiger partial charge in [0, 0.05) is 0 Å². The number of quaternary nitrogens is 2. The molecule has 114 valence electrons. The van der Waals surface area contributed by atoms with Gasteiger partial charge >= 0.3 is 0 Å². The molecular weight excluding hydrogens is 244 g/mol. The van der Waals surface area contributed by atoms with Crippen LogP contribution in [-0.2, 0) is 6.42 Å². The van der Waals surface area contributed by atoms with Crippen LogP contribution in [0.1, 0.15) is 32.3 Å². The molecule has 0 aliphatic heterocycles. The number of benzene rings is 1. The Hall–Kier alpha value is -0.860. The molecule has 0 saturated heterocycles. The van der Waals surface area contributed by atoms with E-state index >= 15 is 0 Å². The summed E-state index contributed by atoms with van der Waals surface area (Å²) in [6.45, 7) is 8.14. The van der Waals surface area contributed by atoms with Gasteiger partial charge in [0.2, 0.25) is 0 Å². The molecule has 20 heavy (non-hydrogen) atoms. The van der Waals surface area contributed by atoms with Crippen molar-refractivity contribution in [1.82, 2.24) is 4.48 Å². The van der Waals surface area contributed by atoms with E-state index in [1.165, 1.54) is 43.6 Å². The van der Waals surface area contributed by atoms with Crippen molar-refractivity contribution in [3.05, 3.63) is 29.8 Å². The van der Waals surface area contributed by atoms with Crippen LogP contribution >= 0.6 is 0 Å². The topological polar surface area (TPSA) is 0 Å². The van der Waals surface area contributed by atoms with E-state index in [-0.39, 0.29) is 0 Å². The SMILES string of the molecule is CC[N+](C)(C)CCCCc1ccc([N+](C)(C)CC)cc1. The van der Waals surface area contributed by atoms with Crippen molar-refractivity contribution in [3.8, 4) is 0 Å². The van der Waals surface area contributed by atoms with Crippen LogP contribution in [0.2, 0.25) is 0 Å². The van der Waals surface area contributed by atoms with Crippen molar-refractivity contribution >= 4 is 5.69 Å². The van der Waals surface area contributed by atoms with Crippen LogP contribution in [0.4, 0.5) is 5.69 Å². The van der Waals surface area contributed by atoms with Gasteiger partial charge < -0.3 is 4.48 Å². The van der Waals surface area contributed by atoms with E-state index < -0.39 is 0 Å². The third-order valence-corrected chi connectivity index (χ3v) is 4.76. The van der Waals surface area contributed by atoms with Gasteiger partial charge in [-0.1, -0.05) is 12.1 Å². The average molecular weight is 278 g/mol. The third kappa shape index (κ3) is 5.26. The predicted molar refractivity (Wildman–Crippen MR) is 91.1 cm³/mol. The fourth-order valence-electron chi connectivity index (χ4n) is 2.28. The molecule has 0 N–H and O–H groups in total. The fourth-order valence-corrected chi connectivity index (χ4v) is 2.28. The highest BCUT2D eigenvalue weighted by molar-refractivity contribution is 5.43. The first-order valence-corrected chi connectivity index (χ1v) is 8.05. The molecule has 0 aliphatic carbocycles. The average Bonchev–Trinajstić information content (AvgIpc) is 2.44. The maximum atomic E-state index is 2.32. The molecule has 2 nitrogen and oxygen atoms in total. The van der Waals surface area contributed by atoms with Gasteiger partial charge in [0.05, 0.1) is 47.8 Å². The normalized spacial score (nSPS) is 12.7. The molecule has 0 bridgehead atoms. The van der Waals surface area contributed by atoms with E-state index in [1.807, 2.05) is 0 Å². The Morgan fingerprint density at radius 3 is 1.90 bits per heavy atom. The Balaban J connectivity index is 2.43. The highest BCUT2D eigenvalue weighted by atomic mass is 15.3. The summed E-state index contributed by atoms with van der Waals surface area (Å²) in [6.07, 6.45) is 3.83. The van der Waals surface area contributed by atoms with Crippen LogP contribution in [-0.4, -0.2) is 52.3 Å². The first kappa shape index (κ1) is 17.2. The Bertz CT molecular complexity index is 390. The summed E-state index contributed by atoms with van der Waals surface area (Å²) in [5, 5.41) is 0. The number of aryl methyl sites for hydroxylation is 1. The number of hydrogen-bond acceptors (Lipinski definition) is 0. The van der Waals surface area contributed by atoms with E-state index in [9.17, 15) is 0 Å². The molecule has 0 radical (unpaired) electrons. The second kappa shape index (κ2) is 7.24. The van der Waals surface area contributed by atoms with Gasteiger partial charge in [-0.3, -0.25) is 4.48 Å². The quantitative estimate of drug-likeness (QED) is 0.502. The fraction of sp³-hybridized carbons (Fsp3) is 0.667. The lowest BCUT2D eigenvalue weighted by Crippen LogP contribution is -2.40. The Kier molecular flexibility index (Phi) is 6.22. The third-order valence-electron chi connectivity index (χ3n) is 4.76. The summed E-state index contributed by atoms with van der Waals surface area (Å²) < 4.78 is 2.10. The maximum absolute atomic E-state index is 2.32. The van der Waals surface area contributed by atoms with Crippen molar-refractivity contribution < 1.29 is 4.48 Å². The van der Waals surface area contributed by atoms with Gasteiger partial charge in [0.15, 0.2) is 0 Å². The van der Waals surface area contributed by atoms with Crippen LogP contribution < -0.4 is 4.48 Å². The summed E-state index contributed by atoms with van der Waals surface area (Å²) in [4.78, 5) is 0. The summed E-state index contributed by atoms with van der Waals surface area (Å²) in [6, 6.07) is 9.21. The van der Waals surface area contributed by atoms with E-state index in [0.717, 1.165) is 15.5 Å². The first-order chi connectivity index (χ1) is 9.30. The maximum Gasteiger partial charge on any atom is 0.132 e. The van der Waals surface area contributed by atoms with Crippen LogP contribution in [0.3, 0.4) is 0 Å². The summed E-state index contributed by atoms with van der Waals surface area (Å²) in [5.74, 6) is 0. The minimum Gasteiger partial charge on any atom is -0.329 e. The molecule has 1 aromatic carbocycles. The lowest BCUT2D eigenvalue weighted by molar-refractivity contribution is -0.888. The Morgan fingerprint density at radius 2 is 1.40 bits per heavy atom. The standard InChI is InChI=1S/C18H34N2/c1-7-19(3,4)16-10-9-11-17-12-14-18(15-13-17)20(5,6)8-2/h12-15H,7-11,16H2,1-6H3/q+2. The predicted octanol–water partition coefficient (Wildman–Crippen LogP) is 3.69. The molecule has 0 atom stereocenters. The van der Waals surface area contributed by atoms with Gasteiger partial charge in [-0.2, -0.15) is 0 Å². The van der Waals surface area contributed by atoms with Crippen molar-refractivity contribution in [2.75, 3.05) is 47.8 Å². The van der Waals surface area contributed by atoms with E-state index in [1.54, 1.807) is 0 Å². The monoisotopic (exact) mass is 278 g/mol. The molecule has 1 aromatic rings. The zero-order chi connectivity index (χ0) is 15.2. The lowest BCUT2D eigenvalue weighted by Gasteiger charge is -2.28. The highest BCUT2D eigenvalue weighted by Gasteiger charge is 2.15. The van der Waals surface area contributed by atoms with Crippen LogP contribution in [0.15, 0.2) is 24.3 Å². The molecule has 0 unspecified atom stereocenters. The largest absolute Gasteiger partial charge is 0.329 e. The van der Waals surface area contributed by atoms with Crippen molar-refractivity contribution in [2.24, 2.45) is 0 Å². The number of nitrogens with zero attached hydrogens (tertiary/aromatic N) is 2. The van der Waals surface area contributed by atoms with Crippen molar-refractivity contribution in [1.29, 1.82) is 0 Å². The molecule has 0 aliphatic rings. The van der Waals surface area contributed by atoms with E-state index in [2.05, 4.69) is 66.3 Å². The molecule has 0 fully saturated rings. The second-order valence-electron chi connectivity index (χ2n) is 7.10. The van der Waals surface area contributed by atoms with Crippen LogP contribution in [0, 0.1) is 0 Å². The van der Waals surface area contributed by atoms with Crippen molar-refractivity contribution in [3.63, 3.8) is 0 Å². The molecule has 0 amide bonds. The minimum absolute atomic E-state index is 0.961. The smallest absolute Gasteiger partial charge is 0.132 e. The van der Waals surface area contributed by atoms with Gasteiger partial charge in [-0.05, 0) is 50.8 Å². The van der Waals surface area contributed by atoms with Gasteiger partial charge in [-0.25, -0.2) is 0 Å². The van der Waals surface area contributed by atoms with Crippen LogP contribution in [0.25, 0.3) is 0 Å². The number of unbranched alkanes of at least 4 members (excludes halogenated alkanes) is 1. The van der Waals surface area contributed by atoms with E-state index in [4.69, 9.17) is 0 Å². The summed E-state index contributed by atoms with van der Waals surface area (Å²) in [7, 11) is 9.17. The molecule has 0 aromatic heterocycles. The van der Waals surface area contributed by atoms with E-state index in [0.29, 0.717) is 0 Å². The molecule has 0 saturated carbocycles. The molecule has 0 heterocycles. The van der Waals surface area contributed by atoms with Gasteiger partial charge in [-0.15, -0.1) is 0 Å². The first-order valence-electron chi connectivity index (χ1n) is 8.05. The van der Waals surface area contributed by atoms with Gasteiger partial charge in [0.1, 0.15) is 5.69 Å².